The van der Waals surface area contributed by atoms with Crippen molar-refractivity contribution >= 4 is 16.6 Å². The van der Waals surface area contributed by atoms with E-state index in [4.69, 9.17) is 4.74 Å². The Morgan fingerprint density at radius 3 is 2.85 bits per heavy atom. The molecule has 1 aliphatic heterocycles. The Labute approximate surface area is 157 Å². The van der Waals surface area contributed by atoms with Crippen LogP contribution in [0.4, 0.5) is 5.69 Å². The third-order valence-electron chi connectivity index (χ3n) is 4.71. The van der Waals surface area contributed by atoms with Crippen molar-refractivity contribution in [3.8, 4) is 0 Å². The number of hydrogen-bond donors (Lipinski definition) is 2. The Morgan fingerprint density at radius 1 is 1.22 bits per heavy atom. The monoisotopic (exact) mass is 365 g/mol. The summed E-state index contributed by atoms with van der Waals surface area (Å²) in [6.07, 6.45) is 1.92. The van der Waals surface area contributed by atoms with E-state index in [1.165, 1.54) is 5.56 Å². The van der Waals surface area contributed by atoms with Crippen LogP contribution in [0.1, 0.15) is 17.1 Å². The predicted octanol–water partition coefficient (Wildman–Crippen LogP) is 2.07. The number of nitrogens with one attached hydrogen (secondary N) is 2. The van der Waals surface area contributed by atoms with E-state index < -0.39 is 0 Å². The zero-order valence-corrected chi connectivity index (χ0v) is 15.4. The van der Waals surface area contributed by atoms with Gasteiger partial charge < -0.3 is 15.0 Å². The molecule has 0 aliphatic carbocycles. The van der Waals surface area contributed by atoms with Gasteiger partial charge in [-0.05, 0) is 30.7 Å². The number of morpholine rings is 1. The standard InChI is InChI=1S/C20H23N5O2/c1-14-23-18-4-2-3-17(19(18)20(26)24-14)22-12-16-6-5-15(11-21-16)13-25-7-9-27-10-8-25/h2-6,11,22H,7-10,12-13H2,1H3,(H,23,24,26). The van der Waals surface area contributed by atoms with Gasteiger partial charge in [0.2, 0.25) is 0 Å². The van der Waals surface area contributed by atoms with Gasteiger partial charge in [0.15, 0.2) is 0 Å². The molecule has 1 aromatic carbocycles. The smallest absolute Gasteiger partial charge is 0.260 e. The van der Waals surface area contributed by atoms with Gasteiger partial charge in [0, 0.05) is 31.5 Å². The van der Waals surface area contributed by atoms with E-state index in [-0.39, 0.29) is 5.56 Å². The molecule has 2 N–H and O–H groups in total. The average molecular weight is 365 g/mol. The second-order valence-corrected chi connectivity index (χ2v) is 6.75. The Hall–Kier alpha value is -2.77. The number of aromatic nitrogens is 3. The Kier molecular flexibility index (Phi) is 5.13. The minimum Gasteiger partial charge on any atom is -0.379 e. The van der Waals surface area contributed by atoms with Gasteiger partial charge in [-0.2, -0.15) is 0 Å². The largest absolute Gasteiger partial charge is 0.379 e. The molecule has 0 amide bonds. The average Bonchev–Trinajstić information content (AvgIpc) is 2.68. The topological polar surface area (TPSA) is 83.1 Å². The molecule has 2 aromatic heterocycles. The van der Waals surface area contributed by atoms with Crippen LogP contribution in [0.5, 0.6) is 0 Å². The lowest BCUT2D eigenvalue weighted by Gasteiger charge is -2.26. The molecular formula is C20H23N5O2. The number of anilines is 1. The fourth-order valence-electron chi connectivity index (χ4n) is 3.31. The zero-order valence-electron chi connectivity index (χ0n) is 15.4. The van der Waals surface area contributed by atoms with Crippen molar-refractivity contribution in [1.82, 2.24) is 19.9 Å². The molecule has 0 unspecified atom stereocenters. The number of fused-ring (bicyclic) bond motifs is 1. The highest BCUT2D eigenvalue weighted by Gasteiger charge is 2.11. The molecule has 27 heavy (non-hydrogen) atoms. The molecule has 0 saturated carbocycles. The van der Waals surface area contributed by atoms with Crippen LogP contribution >= 0.6 is 0 Å². The number of H-pyrrole nitrogens is 1. The predicted molar refractivity (Wildman–Crippen MR) is 105 cm³/mol. The molecule has 1 saturated heterocycles. The fraction of sp³-hybridized carbons (Fsp3) is 0.350. The Bertz CT molecular complexity index is 978. The number of rotatable bonds is 5. The molecule has 7 nitrogen and oxygen atoms in total. The lowest BCUT2D eigenvalue weighted by molar-refractivity contribution is 0.0341. The zero-order chi connectivity index (χ0) is 18.6. The first-order valence-corrected chi connectivity index (χ1v) is 9.16. The van der Waals surface area contributed by atoms with Crippen LogP contribution in [-0.4, -0.2) is 46.2 Å². The third-order valence-corrected chi connectivity index (χ3v) is 4.71. The first-order valence-electron chi connectivity index (χ1n) is 9.16. The van der Waals surface area contributed by atoms with Crippen LogP contribution in [0.15, 0.2) is 41.3 Å². The highest BCUT2D eigenvalue weighted by molar-refractivity contribution is 5.90. The van der Waals surface area contributed by atoms with Gasteiger partial charge in [-0.3, -0.25) is 14.7 Å². The molecule has 0 atom stereocenters. The van der Waals surface area contributed by atoms with E-state index in [1.54, 1.807) is 6.92 Å². The van der Waals surface area contributed by atoms with Gasteiger partial charge in [0.05, 0.1) is 36.4 Å². The van der Waals surface area contributed by atoms with Crippen molar-refractivity contribution in [1.29, 1.82) is 0 Å². The van der Waals surface area contributed by atoms with Crippen LogP contribution < -0.4 is 10.9 Å². The van der Waals surface area contributed by atoms with Gasteiger partial charge in [-0.1, -0.05) is 12.1 Å². The van der Waals surface area contributed by atoms with Gasteiger partial charge in [-0.15, -0.1) is 0 Å². The molecule has 1 aliphatic rings. The number of nitrogens with zero attached hydrogens (tertiary/aromatic N) is 3. The van der Waals surface area contributed by atoms with Gasteiger partial charge in [-0.25, -0.2) is 4.98 Å². The van der Waals surface area contributed by atoms with E-state index in [9.17, 15) is 4.79 Å². The fourth-order valence-corrected chi connectivity index (χ4v) is 3.31. The molecule has 4 rings (SSSR count). The minimum atomic E-state index is -0.130. The van der Waals surface area contributed by atoms with Gasteiger partial charge in [0.25, 0.3) is 5.56 Å². The van der Waals surface area contributed by atoms with Crippen LogP contribution in [0.3, 0.4) is 0 Å². The maximum Gasteiger partial charge on any atom is 0.260 e. The van der Waals surface area contributed by atoms with Crippen molar-refractivity contribution in [2.24, 2.45) is 0 Å². The summed E-state index contributed by atoms with van der Waals surface area (Å²) < 4.78 is 5.38. The molecule has 3 aromatic rings. The summed E-state index contributed by atoms with van der Waals surface area (Å²) in [5.74, 6) is 0.613. The number of pyridine rings is 1. The van der Waals surface area contributed by atoms with Crippen molar-refractivity contribution in [2.45, 2.75) is 20.0 Å². The van der Waals surface area contributed by atoms with Crippen LogP contribution in [-0.2, 0) is 17.8 Å². The first-order chi connectivity index (χ1) is 13.2. The maximum atomic E-state index is 12.3. The Morgan fingerprint density at radius 2 is 2.07 bits per heavy atom. The second kappa shape index (κ2) is 7.85. The number of benzene rings is 1. The summed E-state index contributed by atoms with van der Waals surface area (Å²) in [7, 11) is 0. The summed E-state index contributed by atoms with van der Waals surface area (Å²) in [6.45, 7) is 6.75. The lowest BCUT2D eigenvalue weighted by Crippen LogP contribution is -2.35. The minimum absolute atomic E-state index is 0.130. The Balaban J connectivity index is 1.44. The summed E-state index contributed by atoms with van der Waals surface area (Å²) in [5.41, 5.74) is 3.45. The molecule has 0 spiro atoms. The van der Waals surface area contributed by atoms with Crippen LogP contribution in [0, 0.1) is 6.92 Å². The molecule has 7 heteroatoms. The van der Waals surface area contributed by atoms with Gasteiger partial charge in [0.1, 0.15) is 5.82 Å². The summed E-state index contributed by atoms with van der Waals surface area (Å²) in [4.78, 5) is 26.4. The number of aryl methyl sites for hydroxylation is 1. The van der Waals surface area contributed by atoms with E-state index in [1.807, 2.05) is 30.5 Å². The van der Waals surface area contributed by atoms with Crippen LogP contribution in [0.2, 0.25) is 0 Å². The number of aromatic amines is 1. The van der Waals surface area contributed by atoms with E-state index in [2.05, 4.69) is 31.2 Å². The summed E-state index contributed by atoms with van der Waals surface area (Å²) in [5, 5.41) is 3.89. The molecule has 0 bridgehead atoms. The SMILES string of the molecule is Cc1nc2cccc(NCc3ccc(CN4CCOCC4)cn3)c2c(=O)[nH]1. The normalized spacial score (nSPS) is 15.1. The molecule has 140 valence electrons. The highest BCUT2D eigenvalue weighted by atomic mass is 16.5. The lowest BCUT2D eigenvalue weighted by atomic mass is 10.2. The molecule has 1 fully saturated rings. The third kappa shape index (κ3) is 4.15. The van der Waals surface area contributed by atoms with Crippen molar-refractivity contribution in [3.63, 3.8) is 0 Å². The van der Waals surface area contributed by atoms with Crippen LogP contribution in [0.25, 0.3) is 10.9 Å². The van der Waals surface area contributed by atoms with Gasteiger partial charge >= 0.3 is 0 Å². The van der Waals surface area contributed by atoms with E-state index in [0.29, 0.717) is 23.3 Å². The van der Waals surface area contributed by atoms with E-state index in [0.717, 1.165) is 44.2 Å². The van der Waals surface area contributed by atoms with Crippen molar-refractivity contribution in [3.05, 3.63) is 64.0 Å². The maximum absolute atomic E-state index is 12.3. The number of ether oxygens (including phenoxy) is 1. The quantitative estimate of drug-likeness (QED) is 0.720. The molecule has 0 radical (unpaired) electrons. The van der Waals surface area contributed by atoms with Crippen molar-refractivity contribution < 1.29 is 4.74 Å². The molecule has 3 heterocycles. The number of hydrogen-bond acceptors (Lipinski definition) is 6. The highest BCUT2D eigenvalue weighted by Crippen LogP contribution is 2.19. The summed E-state index contributed by atoms with van der Waals surface area (Å²) >= 11 is 0. The first kappa shape index (κ1) is 17.6. The molecular weight excluding hydrogens is 342 g/mol. The van der Waals surface area contributed by atoms with E-state index >= 15 is 0 Å². The second-order valence-electron chi connectivity index (χ2n) is 6.75. The van der Waals surface area contributed by atoms with Crippen molar-refractivity contribution in [2.75, 3.05) is 31.6 Å². The summed E-state index contributed by atoms with van der Waals surface area (Å²) in [6, 6.07) is 9.78.